The van der Waals surface area contributed by atoms with Crippen molar-refractivity contribution < 1.29 is 9.59 Å². The maximum Gasteiger partial charge on any atom is 0.324 e. The van der Waals surface area contributed by atoms with Crippen LogP contribution in [0.3, 0.4) is 0 Å². The molecule has 1 N–H and O–H groups in total. The minimum Gasteiger partial charge on any atom is -0.336 e. The number of carbonyl (C=O) groups is 2. The molecule has 0 saturated carbocycles. The van der Waals surface area contributed by atoms with Gasteiger partial charge in [0.15, 0.2) is 0 Å². The summed E-state index contributed by atoms with van der Waals surface area (Å²) in [5, 5.41) is 3.29. The third-order valence-corrected chi connectivity index (χ3v) is 3.33. The zero-order chi connectivity index (χ0) is 13.8. The Morgan fingerprint density at radius 3 is 2.84 bits per heavy atom. The molecule has 0 radical (unpaired) electrons. The van der Waals surface area contributed by atoms with Crippen molar-refractivity contribution in [2.75, 3.05) is 26.7 Å². The highest BCUT2D eigenvalue weighted by Gasteiger charge is 2.26. The quantitative estimate of drug-likeness (QED) is 0.906. The predicted octanol–water partition coefficient (Wildman–Crippen LogP) is 1.32. The summed E-state index contributed by atoms with van der Waals surface area (Å²) in [6, 6.07) is 7.21. The first-order valence-corrected chi connectivity index (χ1v) is 6.46. The molecule has 1 aromatic rings. The molecule has 1 saturated heterocycles. The van der Waals surface area contributed by atoms with Crippen molar-refractivity contribution in [2.45, 2.75) is 6.54 Å². The van der Waals surface area contributed by atoms with Crippen LogP contribution in [0.4, 0.5) is 4.79 Å². The minimum atomic E-state index is -0.309. The van der Waals surface area contributed by atoms with E-state index in [4.69, 9.17) is 11.6 Å². The first-order chi connectivity index (χ1) is 9.08. The molecule has 5 nitrogen and oxygen atoms in total. The van der Waals surface area contributed by atoms with Crippen molar-refractivity contribution in [3.63, 3.8) is 0 Å². The van der Waals surface area contributed by atoms with E-state index in [0.717, 1.165) is 5.56 Å². The Morgan fingerprint density at radius 2 is 2.21 bits per heavy atom. The Bertz CT molecular complexity index is 493. The average Bonchev–Trinajstić information content (AvgIpc) is 2.78. The molecule has 1 fully saturated rings. The van der Waals surface area contributed by atoms with E-state index >= 15 is 0 Å². The van der Waals surface area contributed by atoms with Crippen LogP contribution < -0.4 is 5.32 Å². The van der Waals surface area contributed by atoms with Gasteiger partial charge in [-0.1, -0.05) is 29.8 Å². The van der Waals surface area contributed by atoms with Gasteiger partial charge in [-0.05, 0) is 18.7 Å². The first kappa shape index (κ1) is 13.8. The second-order valence-electron chi connectivity index (χ2n) is 4.54. The van der Waals surface area contributed by atoms with Crippen LogP contribution >= 0.6 is 11.6 Å². The molecule has 1 aliphatic rings. The summed E-state index contributed by atoms with van der Waals surface area (Å²) in [5.41, 5.74) is 0.963. The van der Waals surface area contributed by atoms with Gasteiger partial charge in [0.2, 0.25) is 5.91 Å². The van der Waals surface area contributed by atoms with E-state index in [-0.39, 0.29) is 18.5 Å². The Hall–Kier alpha value is -1.59. The molecular weight excluding hydrogens is 266 g/mol. The predicted molar refractivity (Wildman–Crippen MR) is 72.9 cm³/mol. The SMILES string of the molecule is CN(CC(=O)N1CCNC1=O)Cc1ccccc1Cl. The molecule has 6 heteroatoms. The lowest BCUT2D eigenvalue weighted by atomic mass is 10.2. The zero-order valence-electron chi connectivity index (χ0n) is 10.7. The fourth-order valence-electron chi connectivity index (χ4n) is 2.00. The van der Waals surface area contributed by atoms with Crippen molar-refractivity contribution in [3.05, 3.63) is 34.9 Å². The lowest BCUT2D eigenvalue weighted by Gasteiger charge is -2.19. The van der Waals surface area contributed by atoms with Crippen LogP contribution in [0.2, 0.25) is 5.02 Å². The van der Waals surface area contributed by atoms with Gasteiger partial charge < -0.3 is 5.32 Å². The lowest BCUT2D eigenvalue weighted by Crippen LogP contribution is -2.40. The summed E-state index contributed by atoms with van der Waals surface area (Å²) in [6.07, 6.45) is 0. The van der Waals surface area contributed by atoms with Crippen LogP contribution in [0.5, 0.6) is 0 Å². The molecule has 1 aromatic carbocycles. The highest BCUT2D eigenvalue weighted by Crippen LogP contribution is 2.16. The number of hydrogen-bond donors (Lipinski definition) is 1. The van der Waals surface area contributed by atoms with Gasteiger partial charge in [0.25, 0.3) is 0 Å². The molecule has 3 amide bonds. The minimum absolute atomic E-state index is 0.190. The molecule has 1 aliphatic heterocycles. The molecule has 0 bridgehead atoms. The topological polar surface area (TPSA) is 52.7 Å². The highest BCUT2D eigenvalue weighted by atomic mass is 35.5. The zero-order valence-corrected chi connectivity index (χ0v) is 11.5. The third-order valence-electron chi connectivity index (χ3n) is 2.96. The van der Waals surface area contributed by atoms with Crippen molar-refractivity contribution >= 4 is 23.5 Å². The number of rotatable bonds is 4. The molecule has 0 aliphatic carbocycles. The normalized spacial score (nSPS) is 14.9. The number of nitrogens with zero attached hydrogens (tertiary/aromatic N) is 2. The van der Waals surface area contributed by atoms with Crippen molar-refractivity contribution in [2.24, 2.45) is 0 Å². The molecule has 1 heterocycles. The van der Waals surface area contributed by atoms with Crippen molar-refractivity contribution in [1.29, 1.82) is 0 Å². The summed E-state index contributed by atoms with van der Waals surface area (Å²) in [6.45, 7) is 1.73. The van der Waals surface area contributed by atoms with Crippen LogP contribution in [-0.4, -0.2) is 48.4 Å². The van der Waals surface area contributed by atoms with Crippen LogP contribution in [-0.2, 0) is 11.3 Å². The molecule has 19 heavy (non-hydrogen) atoms. The summed E-state index contributed by atoms with van der Waals surface area (Å²) < 4.78 is 0. The van der Waals surface area contributed by atoms with Crippen LogP contribution in [0, 0.1) is 0 Å². The fraction of sp³-hybridized carbons (Fsp3) is 0.385. The standard InChI is InChI=1S/C13H16ClN3O2/c1-16(8-10-4-2-3-5-11(10)14)9-12(18)17-7-6-15-13(17)19/h2-5H,6-9H2,1H3,(H,15,19). The van der Waals surface area contributed by atoms with E-state index in [2.05, 4.69) is 5.32 Å². The number of benzene rings is 1. The molecule has 0 atom stereocenters. The number of carbonyl (C=O) groups excluding carboxylic acids is 2. The molecule has 102 valence electrons. The van der Waals surface area contributed by atoms with Gasteiger partial charge in [-0.25, -0.2) is 4.79 Å². The highest BCUT2D eigenvalue weighted by molar-refractivity contribution is 6.31. The monoisotopic (exact) mass is 281 g/mol. The van der Waals surface area contributed by atoms with Crippen molar-refractivity contribution in [1.82, 2.24) is 15.1 Å². The maximum absolute atomic E-state index is 11.9. The van der Waals surface area contributed by atoms with E-state index < -0.39 is 0 Å². The van der Waals surface area contributed by atoms with Crippen LogP contribution in [0.1, 0.15) is 5.56 Å². The van der Waals surface area contributed by atoms with Crippen molar-refractivity contribution in [3.8, 4) is 0 Å². The number of imide groups is 1. The first-order valence-electron chi connectivity index (χ1n) is 6.08. The Balaban J connectivity index is 1.91. The van der Waals surface area contributed by atoms with Gasteiger partial charge in [-0.3, -0.25) is 14.6 Å². The summed E-state index contributed by atoms with van der Waals surface area (Å²) >= 11 is 6.07. The second kappa shape index (κ2) is 6.04. The molecule has 0 aromatic heterocycles. The second-order valence-corrected chi connectivity index (χ2v) is 4.95. The summed E-state index contributed by atoms with van der Waals surface area (Å²) in [5.74, 6) is -0.190. The number of hydrogen-bond acceptors (Lipinski definition) is 3. The van der Waals surface area contributed by atoms with Gasteiger partial charge in [-0.2, -0.15) is 0 Å². The van der Waals surface area contributed by atoms with Gasteiger partial charge >= 0.3 is 6.03 Å². The molecule has 0 unspecified atom stereocenters. The average molecular weight is 282 g/mol. The van der Waals surface area contributed by atoms with E-state index in [9.17, 15) is 9.59 Å². The van der Waals surface area contributed by atoms with Gasteiger partial charge in [0, 0.05) is 24.7 Å². The van der Waals surface area contributed by atoms with Gasteiger partial charge in [-0.15, -0.1) is 0 Å². The van der Waals surface area contributed by atoms with E-state index in [1.807, 2.05) is 36.2 Å². The third kappa shape index (κ3) is 3.45. The van der Waals surface area contributed by atoms with E-state index in [0.29, 0.717) is 24.7 Å². The maximum atomic E-state index is 11.9. The van der Waals surface area contributed by atoms with Gasteiger partial charge in [0.1, 0.15) is 0 Å². The summed E-state index contributed by atoms with van der Waals surface area (Å²) in [4.78, 5) is 26.4. The number of nitrogens with one attached hydrogen (secondary N) is 1. The fourth-order valence-corrected chi connectivity index (χ4v) is 2.19. The lowest BCUT2D eigenvalue weighted by molar-refractivity contribution is -0.128. The molecular formula is C13H16ClN3O2. The largest absolute Gasteiger partial charge is 0.336 e. The van der Waals surface area contributed by atoms with E-state index in [1.165, 1.54) is 4.90 Å². The number of halogens is 1. The Labute approximate surface area is 117 Å². The number of urea groups is 1. The summed E-state index contributed by atoms with van der Waals surface area (Å²) in [7, 11) is 1.83. The van der Waals surface area contributed by atoms with Gasteiger partial charge in [0.05, 0.1) is 6.54 Å². The van der Waals surface area contributed by atoms with Crippen LogP contribution in [0.15, 0.2) is 24.3 Å². The Kier molecular flexibility index (Phi) is 4.39. The molecule has 0 spiro atoms. The molecule has 2 rings (SSSR count). The van der Waals surface area contributed by atoms with E-state index in [1.54, 1.807) is 0 Å². The van der Waals surface area contributed by atoms with Crippen LogP contribution in [0.25, 0.3) is 0 Å². The Morgan fingerprint density at radius 1 is 1.47 bits per heavy atom. The number of amides is 3. The number of likely N-dealkylation sites (N-methyl/N-ethyl adjacent to an activating group) is 1. The smallest absolute Gasteiger partial charge is 0.324 e.